The van der Waals surface area contributed by atoms with E-state index in [0.717, 1.165) is 11.5 Å². The van der Waals surface area contributed by atoms with Crippen molar-refractivity contribution < 1.29 is 9.21 Å². The third kappa shape index (κ3) is 2.04. The number of nitrogens with zero attached hydrogens (tertiary/aromatic N) is 2. The van der Waals surface area contributed by atoms with Crippen molar-refractivity contribution >= 4 is 5.91 Å². The zero-order valence-electron chi connectivity index (χ0n) is 12.1. The minimum atomic E-state index is -0.247. The molecular formula is C14H22N2O2. The minimum Gasteiger partial charge on any atom is -0.447 e. The summed E-state index contributed by atoms with van der Waals surface area (Å²) >= 11 is 0. The Balaban J connectivity index is 2.51. The lowest BCUT2D eigenvalue weighted by Gasteiger charge is -2.43. The van der Waals surface area contributed by atoms with Crippen molar-refractivity contribution in [3.63, 3.8) is 0 Å². The van der Waals surface area contributed by atoms with Crippen LogP contribution in [0, 0.1) is 5.41 Å². The van der Waals surface area contributed by atoms with Gasteiger partial charge in [0.2, 0.25) is 5.91 Å². The highest BCUT2D eigenvalue weighted by Gasteiger charge is 2.46. The maximum atomic E-state index is 12.7. The quantitative estimate of drug-likeness (QED) is 0.711. The van der Waals surface area contributed by atoms with Crippen LogP contribution in [0.5, 0.6) is 0 Å². The number of hydrogen-bond donors (Lipinski definition) is 0. The number of aromatic nitrogens is 1. The smallest absolute Gasteiger partial charge is 0.234 e. The van der Waals surface area contributed by atoms with Crippen molar-refractivity contribution in [3.8, 4) is 0 Å². The van der Waals surface area contributed by atoms with Crippen LogP contribution in [0.15, 0.2) is 10.8 Å². The van der Waals surface area contributed by atoms with Gasteiger partial charge in [0.15, 0.2) is 6.39 Å². The summed E-state index contributed by atoms with van der Waals surface area (Å²) in [5, 5.41) is 0. The van der Waals surface area contributed by atoms with Gasteiger partial charge in [-0.25, -0.2) is 4.98 Å². The fourth-order valence-electron chi connectivity index (χ4n) is 2.46. The van der Waals surface area contributed by atoms with Crippen LogP contribution in [0.2, 0.25) is 0 Å². The van der Waals surface area contributed by atoms with Gasteiger partial charge in [0, 0.05) is 5.54 Å². The molecule has 0 bridgehead atoms. The molecule has 1 aromatic rings. The summed E-state index contributed by atoms with van der Waals surface area (Å²) in [4.78, 5) is 18.9. The average molecular weight is 250 g/mol. The molecule has 0 spiro atoms. The van der Waals surface area contributed by atoms with Gasteiger partial charge in [-0.2, -0.15) is 0 Å². The Labute approximate surface area is 108 Å². The summed E-state index contributed by atoms with van der Waals surface area (Å²) in [6, 6.07) is 0. The first kappa shape index (κ1) is 13.1. The number of amides is 1. The number of hydrogen-bond acceptors (Lipinski definition) is 3. The number of fused-ring (bicyclic) bond motifs is 1. The Hall–Kier alpha value is -1.32. The van der Waals surface area contributed by atoms with Crippen LogP contribution in [0.25, 0.3) is 0 Å². The van der Waals surface area contributed by atoms with Crippen LogP contribution in [0.1, 0.15) is 58.9 Å². The molecule has 2 rings (SSSR count). The molecule has 0 saturated heterocycles. The summed E-state index contributed by atoms with van der Waals surface area (Å²) in [5.41, 5.74) is 0.524. The van der Waals surface area contributed by atoms with Crippen molar-refractivity contribution in [1.82, 2.24) is 9.88 Å². The molecular weight excluding hydrogens is 228 g/mol. The molecule has 0 aromatic carbocycles. The number of carbonyl (C=O) groups excluding carboxylic acids is 1. The lowest BCUT2D eigenvalue weighted by atomic mass is 9.75. The molecule has 4 nitrogen and oxygen atoms in total. The zero-order chi connectivity index (χ0) is 13.7. The topological polar surface area (TPSA) is 46.3 Å². The lowest BCUT2D eigenvalue weighted by Crippen LogP contribution is -2.51. The van der Waals surface area contributed by atoms with E-state index in [9.17, 15) is 4.79 Å². The van der Waals surface area contributed by atoms with Gasteiger partial charge in [0.25, 0.3) is 0 Å². The van der Waals surface area contributed by atoms with Gasteiger partial charge < -0.3 is 9.32 Å². The minimum absolute atomic E-state index is 0.138. The Morgan fingerprint density at radius 1 is 1.28 bits per heavy atom. The molecule has 1 aromatic heterocycles. The van der Waals surface area contributed by atoms with E-state index in [-0.39, 0.29) is 22.8 Å². The third-order valence-electron chi connectivity index (χ3n) is 3.43. The van der Waals surface area contributed by atoms with Crippen LogP contribution >= 0.6 is 0 Å². The number of carbonyl (C=O) groups is 1. The summed E-state index contributed by atoms with van der Waals surface area (Å²) < 4.78 is 5.47. The Morgan fingerprint density at radius 3 is 2.39 bits per heavy atom. The molecule has 18 heavy (non-hydrogen) atoms. The average Bonchev–Trinajstić information content (AvgIpc) is 2.59. The number of rotatable bonds is 0. The van der Waals surface area contributed by atoms with Crippen LogP contribution < -0.4 is 0 Å². The van der Waals surface area contributed by atoms with Gasteiger partial charge in [0.1, 0.15) is 17.4 Å². The molecule has 2 heterocycles. The monoisotopic (exact) mass is 250 g/mol. The fourth-order valence-corrected chi connectivity index (χ4v) is 2.46. The van der Waals surface area contributed by atoms with Gasteiger partial charge in [-0.3, -0.25) is 4.79 Å². The van der Waals surface area contributed by atoms with Crippen molar-refractivity contribution in [1.29, 1.82) is 0 Å². The zero-order valence-corrected chi connectivity index (χ0v) is 12.1. The van der Waals surface area contributed by atoms with Gasteiger partial charge in [-0.15, -0.1) is 0 Å². The van der Waals surface area contributed by atoms with Gasteiger partial charge in [0.05, 0.1) is 6.54 Å². The predicted molar refractivity (Wildman–Crippen MR) is 69.0 cm³/mol. The maximum Gasteiger partial charge on any atom is 0.234 e. The van der Waals surface area contributed by atoms with Crippen molar-refractivity contribution in [2.45, 2.75) is 59.5 Å². The van der Waals surface area contributed by atoms with Crippen molar-refractivity contribution in [2.75, 3.05) is 0 Å². The van der Waals surface area contributed by atoms with E-state index >= 15 is 0 Å². The molecule has 0 radical (unpaired) electrons. The third-order valence-corrected chi connectivity index (χ3v) is 3.43. The van der Waals surface area contributed by atoms with E-state index in [1.807, 2.05) is 4.90 Å². The second-order valence-corrected chi connectivity index (χ2v) is 7.06. The lowest BCUT2D eigenvalue weighted by molar-refractivity contribution is -0.143. The molecule has 0 saturated carbocycles. The summed E-state index contributed by atoms with van der Waals surface area (Å²) in [7, 11) is 0. The van der Waals surface area contributed by atoms with E-state index in [0.29, 0.717) is 6.54 Å². The predicted octanol–water partition coefficient (Wildman–Crippen LogP) is 2.95. The highest BCUT2D eigenvalue weighted by molar-refractivity contribution is 5.86. The van der Waals surface area contributed by atoms with E-state index in [1.54, 1.807) is 0 Å². The van der Waals surface area contributed by atoms with Gasteiger partial charge in [-0.1, -0.05) is 20.8 Å². The first-order chi connectivity index (χ1) is 8.12. The van der Waals surface area contributed by atoms with Crippen LogP contribution in [0.4, 0.5) is 0 Å². The number of oxazole rings is 1. The van der Waals surface area contributed by atoms with Gasteiger partial charge in [-0.05, 0) is 26.2 Å². The Kier molecular flexibility index (Phi) is 2.80. The highest BCUT2D eigenvalue weighted by atomic mass is 16.3. The first-order valence-corrected chi connectivity index (χ1v) is 6.36. The Morgan fingerprint density at radius 2 is 1.89 bits per heavy atom. The van der Waals surface area contributed by atoms with E-state index in [4.69, 9.17) is 4.42 Å². The van der Waals surface area contributed by atoms with E-state index < -0.39 is 0 Å². The molecule has 1 aliphatic rings. The molecule has 0 fully saturated rings. The largest absolute Gasteiger partial charge is 0.447 e. The SMILES string of the molecule is CC(C)(C)C1C(=O)N(C(C)(C)C)Cc2ncoc21. The molecule has 1 unspecified atom stereocenters. The highest BCUT2D eigenvalue weighted by Crippen LogP contribution is 2.42. The van der Waals surface area contributed by atoms with Crippen LogP contribution in [-0.2, 0) is 11.3 Å². The molecule has 0 N–H and O–H groups in total. The molecule has 4 heteroatoms. The fraction of sp³-hybridized carbons (Fsp3) is 0.714. The Bertz CT molecular complexity index is 463. The van der Waals surface area contributed by atoms with Crippen molar-refractivity contribution in [2.24, 2.45) is 5.41 Å². The second kappa shape index (κ2) is 3.84. The second-order valence-electron chi connectivity index (χ2n) is 7.06. The molecule has 1 atom stereocenters. The van der Waals surface area contributed by atoms with Crippen molar-refractivity contribution in [3.05, 3.63) is 17.8 Å². The standard InChI is InChI=1S/C14H22N2O2/c1-13(2,3)10-11-9(15-8-18-11)7-16(12(10)17)14(4,5)6/h8,10H,7H2,1-6H3. The molecule has 1 aliphatic heterocycles. The normalized spacial score (nSPS) is 21.1. The first-order valence-electron chi connectivity index (χ1n) is 6.36. The van der Waals surface area contributed by atoms with Crippen LogP contribution in [0.3, 0.4) is 0 Å². The molecule has 100 valence electrons. The van der Waals surface area contributed by atoms with Crippen LogP contribution in [-0.4, -0.2) is 21.3 Å². The summed E-state index contributed by atoms with van der Waals surface area (Å²) in [5.74, 6) is 0.634. The molecule has 1 amide bonds. The van der Waals surface area contributed by atoms with E-state index in [2.05, 4.69) is 46.5 Å². The molecule has 0 aliphatic carbocycles. The maximum absolute atomic E-state index is 12.7. The summed E-state index contributed by atoms with van der Waals surface area (Å²) in [6.07, 6.45) is 1.45. The van der Waals surface area contributed by atoms with E-state index in [1.165, 1.54) is 6.39 Å². The van der Waals surface area contributed by atoms with Gasteiger partial charge >= 0.3 is 0 Å². The summed E-state index contributed by atoms with van der Waals surface area (Å²) in [6.45, 7) is 12.9.